The highest BCUT2D eigenvalue weighted by atomic mass is 35.5. The molecular formula is C12H23ClO4. The van der Waals surface area contributed by atoms with E-state index in [4.69, 9.17) is 21.1 Å². The molecule has 0 bridgehead atoms. The average Bonchev–Trinajstić information content (AvgIpc) is 2.28. The van der Waals surface area contributed by atoms with Crippen molar-refractivity contribution in [2.24, 2.45) is 5.92 Å². The summed E-state index contributed by atoms with van der Waals surface area (Å²) in [5.74, 6) is -0.215. The van der Waals surface area contributed by atoms with Crippen LogP contribution in [0.5, 0.6) is 0 Å². The van der Waals surface area contributed by atoms with Crippen molar-refractivity contribution in [3.05, 3.63) is 0 Å². The highest BCUT2D eigenvalue weighted by Crippen LogP contribution is 2.28. The van der Waals surface area contributed by atoms with Crippen LogP contribution in [0.15, 0.2) is 0 Å². The second-order valence-electron chi connectivity index (χ2n) is 5.21. The van der Waals surface area contributed by atoms with E-state index in [1.807, 2.05) is 13.8 Å². The normalized spacial score (nSPS) is 32.1. The van der Waals surface area contributed by atoms with E-state index in [0.29, 0.717) is 25.4 Å². The zero-order valence-electron chi connectivity index (χ0n) is 10.7. The van der Waals surface area contributed by atoms with E-state index < -0.39 is 18.0 Å². The summed E-state index contributed by atoms with van der Waals surface area (Å²) in [5, 5.41) is 19.0. The van der Waals surface area contributed by atoms with Gasteiger partial charge in [0.1, 0.15) is 0 Å². The quantitative estimate of drug-likeness (QED) is 0.741. The molecule has 0 saturated carbocycles. The van der Waals surface area contributed by atoms with Crippen LogP contribution in [0.4, 0.5) is 0 Å². The molecule has 102 valence electrons. The van der Waals surface area contributed by atoms with Crippen molar-refractivity contribution < 1.29 is 19.7 Å². The van der Waals surface area contributed by atoms with Gasteiger partial charge in [0, 0.05) is 5.92 Å². The first-order chi connectivity index (χ1) is 7.85. The zero-order valence-corrected chi connectivity index (χ0v) is 11.5. The molecule has 1 heterocycles. The predicted molar refractivity (Wildman–Crippen MR) is 66.0 cm³/mol. The Bertz CT molecular complexity index is 235. The summed E-state index contributed by atoms with van der Waals surface area (Å²) in [6.07, 6.45) is -0.410. The molecule has 1 fully saturated rings. The monoisotopic (exact) mass is 266 g/mol. The standard InChI is InChI=1S/C12H23ClO4/c1-8-7-16-12(2,3)17-11(8)5-4-9(14)10(15)6-13/h8-11,14-15H,4-7H2,1-3H3/t8-,9+,10+,11+/m0/s1. The Kier molecular flexibility index (Phi) is 5.67. The van der Waals surface area contributed by atoms with E-state index in [9.17, 15) is 10.2 Å². The number of rotatable bonds is 5. The van der Waals surface area contributed by atoms with Gasteiger partial charge in [-0.2, -0.15) is 0 Å². The Morgan fingerprint density at radius 1 is 1.35 bits per heavy atom. The molecule has 0 unspecified atom stereocenters. The van der Waals surface area contributed by atoms with E-state index in [0.717, 1.165) is 0 Å². The number of ether oxygens (including phenoxy) is 2. The maximum Gasteiger partial charge on any atom is 0.163 e. The maximum absolute atomic E-state index is 9.64. The van der Waals surface area contributed by atoms with Crippen LogP contribution in [0.25, 0.3) is 0 Å². The lowest BCUT2D eigenvalue weighted by Crippen LogP contribution is -2.45. The zero-order chi connectivity index (χ0) is 13.1. The lowest BCUT2D eigenvalue weighted by molar-refractivity contribution is -0.292. The summed E-state index contributed by atoms with van der Waals surface area (Å²) in [6, 6.07) is 0. The van der Waals surface area contributed by atoms with Gasteiger partial charge in [-0.05, 0) is 26.7 Å². The molecular weight excluding hydrogens is 244 g/mol. The van der Waals surface area contributed by atoms with Gasteiger partial charge in [-0.3, -0.25) is 0 Å². The Morgan fingerprint density at radius 3 is 2.59 bits per heavy atom. The van der Waals surface area contributed by atoms with E-state index in [-0.39, 0.29) is 12.0 Å². The molecule has 0 amide bonds. The molecule has 0 aromatic heterocycles. The lowest BCUT2D eigenvalue weighted by atomic mass is 9.96. The van der Waals surface area contributed by atoms with Gasteiger partial charge in [0.2, 0.25) is 0 Å². The molecule has 0 aliphatic carbocycles. The molecule has 0 aromatic carbocycles. The number of aliphatic hydroxyl groups is 2. The topological polar surface area (TPSA) is 58.9 Å². The molecule has 4 nitrogen and oxygen atoms in total. The van der Waals surface area contributed by atoms with Crippen LogP contribution >= 0.6 is 11.6 Å². The van der Waals surface area contributed by atoms with Gasteiger partial charge < -0.3 is 19.7 Å². The summed E-state index contributed by atoms with van der Waals surface area (Å²) in [5.41, 5.74) is 0. The summed E-state index contributed by atoms with van der Waals surface area (Å²) in [4.78, 5) is 0. The first-order valence-electron chi connectivity index (χ1n) is 6.09. The van der Waals surface area contributed by atoms with Gasteiger partial charge in [0.05, 0.1) is 30.8 Å². The van der Waals surface area contributed by atoms with Crippen LogP contribution in [0, 0.1) is 5.92 Å². The minimum Gasteiger partial charge on any atom is -0.390 e. The molecule has 1 rings (SSSR count). The van der Waals surface area contributed by atoms with Gasteiger partial charge >= 0.3 is 0 Å². The van der Waals surface area contributed by atoms with Gasteiger partial charge in [-0.1, -0.05) is 6.92 Å². The predicted octanol–water partition coefficient (Wildman–Crippen LogP) is 1.51. The van der Waals surface area contributed by atoms with Crippen molar-refractivity contribution in [2.45, 2.75) is 57.7 Å². The molecule has 1 aliphatic rings. The van der Waals surface area contributed by atoms with Crippen molar-refractivity contribution in [2.75, 3.05) is 12.5 Å². The second kappa shape index (κ2) is 6.34. The van der Waals surface area contributed by atoms with Crippen LogP contribution in [0.1, 0.15) is 33.6 Å². The first kappa shape index (κ1) is 15.2. The number of hydrogen-bond acceptors (Lipinski definition) is 4. The van der Waals surface area contributed by atoms with Crippen LogP contribution in [0.2, 0.25) is 0 Å². The third-order valence-electron chi connectivity index (χ3n) is 3.11. The highest BCUT2D eigenvalue weighted by Gasteiger charge is 2.34. The maximum atomic E-state index is 9.64. The molecule has 17 heavy (non-hydrogen) atoms. The first-order valence-corrected chi connectivity index (χ1v) is 6.63. The Hall–Kier alpha value is 0.130. The third-order valence-corrected chi connectivity index (χ3v) is 3.43. The minimum atomic E-state index is -0.861. The fraction of sp³-hybridized carbons (Fsp3) is 1.00. The number of alkyl halides is 1. The van der Waals surface area contributed by atoms with Crippen LogP contribution in [-0.2, 0) is 9.47 Å². The average molecular weight is 267 g/mol. The van der Waals surface area contributed by atoms with Gasteiger partial charge in [0.15, 0.2) is 5.79 Å². The second-order valence-corrected chi connectivity index (χ2v) is 5.52. The van der Waals surface area contributed by atoms with Crippen molar-refractivity contribution >= 4 is 11.6 Å². The number of hydrogen-bond donors (Lipinski definition) is 2. The highest BCUT2D eigenvalue weighted by molar-refractivity contribution is 6.18. The Labute approximate surface area is 108 Å². The molecule has 1 saturated heterocycles. The van der Waals surface area contributed by atoms with E-state index in [2.05, 4.69) is 6.92 Å². The third kappa shape index (κ3) is 4.72. The summed E-state index contributed by atoms with van der Waals surface area (Å²) in [7, 11) is 0. The summed E-state index contributed by atoms with van der Waals surface area (Å²) >= 11 is 5.48. The van der Waals surface area contributed by atoms with Crippen molar-refractivity contribution in [3.63, 3.8) is 0 Å². The molecule has 4 atom stereocenters. The van der Waals surface area contributed by atoms with Crippen LogP contribution in [0.3, 0.4) is 0 Å². The largest absolute Gasteiger partial charge is 0.390 e. The number of aliphatic hydroxyl groups excluding tert-OH is 2. The fourth-order valence-corrected chi connectivity index (χ4v) is 2.13. The summed E-state index contributed by atoms with van der Waals surface area (Å²) in [6.45, 7) is 6.49. The van der Waals surface area contributed by atoms with Crippen LogP contribution < -0.4 is 0 Å². The summed E-state index contributed by atoms with van der Waals surface area (Å²) < 4.78 is 11.3. The van der Waals surface area contributed by atoms with E-state index >= 15 is 0 Å². The molecule has 0 spiro atoms. The minimum absolute atomic E-state index is 0.0518. The SMILES string of the molecule is C[C@H]1COC(C)(C)O[C@@H]1CC[C@@H](O)[C@H](O)CCl. The Balaban J connectivity index is 2.39. The van der Waals surface area contributed by atoms with Crippen molar-refractivity contribution in [1.29, 1.82) is 0 Å². The molecule has 0 aromatic rings. The Morgan fingerprint density at radius 2 is 2.00 bits per heavy atom. The molecule has 1 aliphatic heterocycles. The fourth-order valence-electron chi connectivity index (χ4n) is 1.93. The molecule has 5 heteroatoms. The van der Waals surface area contributed by atoms with Gasteiger partial charge in [0.25, 0.3) is 0 Å². The van der Waals surface area contributed by atoms with Crippen molar-refractivity contribution in [3.8, 4) is 0 Å². The van der Waals surface area contributed by atoms with Crippen molar-refractivity contribution in [1.82, 2.24) is 0 Å². The van der Waals surface area contributed by atoms with Gasteiger partial charge in [-0.15, -0.1) is 11.6 Å². The van der Waals surface area contributed by atoms with Gasteiger partial charge in [-0.25, -0.2) is 0 Å². The van der Waals surface area contributed by atoms with E-state index in [1.165, 1.54) is 0 Å². The van der Waals surface area contributed by atoms with Crippen LogP contribution in [-0.4, -0.2) is 46.8 Å². The van der Waals surface area contributed by atoms with E-state index in [1.54, 1.807) is 0 Å². The number of halogens is 1. The smallest absolute Gasteiger partial charge is 0.163 e. The molecule has 0 radical (unpaired) electrons. The molecule has 2 N–H and O–H groups in total. The lowest BCUT2D eigenvalue weighted by Gasteiger charge is -2.40.